The number of rotatable bonds is 7. The minimum atomic E-state index is -3.51. The zero-order chi connectivity index (χ0) is 24.3. The predicted octanol–water partition coefficient (Wildman–Crippen LogP) is 1.42. The average molecular weight is 517 g/mol. The van der Waals surface area contributed by atoms with Crippen LogP contribution >= 0.6 is 11.6 Å². The summed E-state index contributed by atoms with van der Waals surface area (Å²) in [6.45, 7) is 1.04. The van der Waals surface area contributed by atoms with E-state index in [-0.39, 0.29) is 34.8 Å². The van der Waals surface area contributed by atoms with Gasteiger partial charge in [-0.25, -0.2) is 9.48 Å². The molecule has 190 valence electrons. The van der Waals surface area contributed by atoms with Crippen LogP contribution in [0.3, 0.4) is 0 Å². The Kier molecular flexibility index (Phi) is 8.01. The van der Waals surface area contributed by atoms with E-state index in [0.29, 0.717) is 50.9 Å². The third-order valence-electron chi connectivity index (χ3n) is 6.87. The lowest BCUT2D eigenvalue weighted by Crippen LogP contribution is -2.49. The molecule has 0 bridgehead atoms. The molecule has 3 fully saturated rings. The molecule has 13 heteroatoms. The summed E-state index contributed by atoms with van der Waals surface area (Å²) < 4.78 is 37.0. The number of aryl methyl sites for hydroxylation is 1. The number of amides is 1. The molecule has 0 unspecified atom stereocenters. The Balaban J connectivity index is 1.18. The second kappa shape index (κ2) is 10.8. The van der Waals surface area contributed by atoms with Crippen LogP contribution in [0.25, 0.3) is 0 Å². The average Bonchev–Trinajstić information content (AvgIpc) is 3.45. The molecular weight excluding hydrogens is 484 g/mol. The van der Waals surface area contributed by atoms with Gasteiger partial charge in [0, 0.05) is 38.1 Å². The molecule has 3 N–H and O–H groups in total. The molecule has 1 aliphatic heterocycles. The van der Waals surface area contributed by atoms with Crippen molar-refractivity contribution in [2.24, 2.45) is 7.05 Å². The predicted molar refractivity (Wildman–Crippen MR) is 128 cm³/mol. The van der Waals surface area contributed by atoms with Crippen molar-refractivity contribution in [1.82, 2.24) is 24.5 Å². The van der Waals surface area contributed by atoms with Gasteiger partial charge in [0.25, 0.3) is 15.8 Å². The molecule has 0 aromatic carbocycles. The topological polar surface area (TPSA) is 135 Å². The molecule has 2 heterocycles. The zero-order valence-corrected chi connectivity index (χ0v) is 20.9. The second-order valence-electron chi connectivity index (χ2n) is 9.45. The van der Waals surface area contributed by atoms with Crippen molar-refractivity contribution in [1.29, 1.82) is 0 Å². The molecule has 1 aromatic heterocycles. The second-order valence-corrected chi connectivity index (χ2v) is 11.3. The van der Waals surface area contributed by atoms with Gasteiger partial charge in [0.05, 0.1) is 18.4 Å². The first-order chi connectivity index (χ1) is 16.2. The molecule has 2 saturated carbocycles. The summed E-state index contributed by atoms with van der Waals surface area (Å²) in [6, 6.07) is -0.144. The summed E-state index contributed by atoms with van der Waals surface area (Å²) in [5.74, 6) is 0. The first kappa shape index (κ1) is 25.2. The highest BCUT2D eigenvalue weighted by atomic mass is 35.5. The lowest BCUT2D eigenvalue weighted by molar-refractivity contribution is 0.102. The molecule has 34 heavy (non-hydrogen) atoms. The van der Waals surface area contributed by atoms with E-state index >= 15 is 0 Å². The zero-order valence-electron chi connectivity index (χ0n) is 19.3. The molecule has 0 radical (unpaired) electrons. The van der Waals surface area contributed by atoms with Gasteiger partial charge in [0.1, 0.15) is 11.1 Å². The van der Waals surface area contributed by atoms with Crippen LogP contribution in [0.5, 0.6) is 0 Å². The molecule has 4 rings (SSSR count). The highest BCUT2D eigenvalue weighted by Gasteiger charge is 2.31. The Morgan fingerprint density at radius 3 is 2.35 bits per heavy atom. The number of carbonyl (C=O) groups excluding carboxylic acids is 1. The number of halogens is 1. The molecule has 1 atom stereocenters. The maximum atomic E-state index is 12.4. The van der Waals surface area contributed by atoms with E-state index < -0.39 is 16.3 Å². The fourth-order valence-corrected chi connectivity index (χ4v) is 6.70. The summed E-state index contributed by atoms with van der Waals surface area (Å²) in [7, 11) is -1.97. The van der Waals surface area contributed by atoms with Crippen molar-refractivity contribution in [3.63, 3.8) is 0 Å². The molecule has 0 spiro atoms. The van der Waals surface area contributed by atoms with Gasteiger partial charge >= 0.3 is 6.09 Å². The van der Waals surface area contributed by atoms with E-state index in [4.69, 9.17) is 16.3 Å². The van der Waals surface area contributed by atoms with E-state index in [0.717, 1.165) is 25.7 Å². The van der Waals surface area contributed by atoms with Crippen LogP contribution < -0.4 is 25.2 Å². The van der Waals surface area contributed by atoms with Crippen LogP contribution in [0.4, 0.5) is 10.5 Å². The fraction of sp³-hybridized carbons (Fsp3) is 0.762. The first-order valence-corrected chi connectivity index (χ1v) is 13.8. The number of hydrogen-bond acceptors (Lipinski definition) is 7. The van der Waals surface area contributed by atoms with Gasteiger partial charge in [-0.15, -0.1) is 0 Å². The smallest absolute Gasteiger partial charge is 0.407 e. The number of anilines is 1. The van der Waals surface area contributed by atoms with Gasteiger partial charge in [-0.3, -0.25) is 4.79 Å². The number of ether oxygens (including phenoxy) is 1. The molecule has 1 aromatic rings. The van der Waals surface area contributed by atoms with E-state index in [9.17, 15) is 18.0 Å². The highest BCUT2D eigenvalue weighted by molar-refractivity contribution is 7.87. The van der Waals surface area contributed by atoms with E-state index in [1.165, 1.54) is 11.7 Å². The van der Waals surface area contributed by atoms with Gasteiger partial charge in [-0.05, 0) is 38.5 Å². The van der Waals surface area contributed by atoms with Crippen LogP contribution in [0.2, 0.25) is 5.02 Å². The number of nitrogens with zero attached hydrogens (tertiary/aromatic N) is 3. The highest BCUT2D eigenvalue weighted by Crippen LogP contribution is 2.26. The summed E-state index contributed by atoms with van der Waals surface area (Å²) in [4.78, 5) is 26.3. The molecule has 3 aliphatic rings. The minimum absolute atomic E-state index is 0.0383. The van der Waals surface area contributed by atoms with E-state index in [2.05, 4.69) is 19.9 Å². The van der Waals surface area contributed by atoms with Crippen LogP contribution in [0.1, 0.15) is 57.8 Å². The lowest BCUT2D eigenvalue weighted by Gasteiger charge is -2.30. The van der Waals surface area contributed by atoms with Gasteiger partial charge in [-0.1, -0.05) is 24.4 Å². The van der Waals surface area contributed by atoms with Crippen molar-refractivity contribution in [3.8, 4) is 0 Å². The van der Waals surface area contributed by atoms with Gasteiger partial charge in [-0.2, -0.15) is 23.0 Å². The Labute approximate surface area is 204 Å². The number of aromatic nitrogens is 2. The molecule has 1 saturated heterocycles. The normalized spacial score (nSPS) is 26.1. The van der Waals surface area contributed by atoms with Crippen molar-refractivity contribution in [3.05, 3.63) is 21.6 Å². The quantitative estimate of drug-likeness (QED) is 0.498. The van der Waals surface area contributed by atoms with Gasteiger partial charge in [0.15, 0.2) is 0 Å². The minimum Gasteiger partial charge on any atom is -0.444 e. The van der Waals surface area contributed by atoms with Gasteiger partial charge in [0.2, 0.25) is 0 Å². The summed E-state index contributed by atoms with van der Waals surface area (Å²) in [6.07, 6.45) is 7.96. The van der Waals surface area contributed by atoms with Gasteiger partial charge < -0.3 is 15.0 Å². The molecular formula is C21H33ClN6O5S. The van der Waals surface area contributed by atoms with Crippen molar-refractivity contribution >= 4 is 33.6 Å². The first-order valence-electron chi connectivity index (χ1n) is 11.9. The summed E-state index contributed by atoms with van der Waals surface area (Å²) in [5, 5.41) is 7.02. The molecule has 1 amide bonds. The van der Waals surface area contributed by atoms with Crippen molar-refractivity contribution in [2.75, 3.05) is 18.0 Å². The van der Waals surface area contributed by atoms with Crippen molar-refractivity contribution < 1.29 is 17.9 Å². The lowest BCUT2D eigenvalue weighted by atomic mass is 9.92. The van der Waals surface area contributed by atoms with Crippen LogP contribution in [-0.2, 0) is 22.0 Å². The summed E-state index contributed by atoms with van der Waals surface area (Å²) >= 11 is 6.17. The Hall–Kier alpha value is -1.89. The maximum Gasteiger partial charge on any atom is 0.407 e. The third kappa shape index (κ3) is 6.41. The fourth-order valence-electron chi connectivity index (χ4n) is 4.99. The van der Waals surface area contributed by atoms with Crippen LogP contribution in [-0.4, -0.2) is 61.6 Å². The summed E-state index contributed by atoms with van der Waals surface area (Å²) in [5.41, 5.74) is 0.174. The Bertz CT molecular complexity index is 1040. The molecule has 11 nitrogen and oxygen atoms in total. The Morgan fingerprint density at radius 2 is 1.68 bits per heavy atom. The monoisotopic (exact) mass is 516 g/mol. The standard InChI is InChI=1S/C21H33ClN6O5S/c1-27-20(29)19(22)18(12-23-27)28-11-10-17(13-28)33-21(30)24-14-6-8-16(9-7-14)26-34(31,32)25-15-4-2-3-5-15/h12,14-17,25-26H,2-11,13H2,1H3,(H,24,30)/t14-,16-,17-/m1/s1. The maximum absolute atomic E-state index is 12.4. The number of carbonyl (C=O) groups is 1. The number of hydrogen-bond donors (Lipinski definition) is 3. The van der Waals surface area contributed by atoms with E-state index in [1.54, 1.807) is 6.20 Å². The Morgan fingerprint density at radius 1 is 1.06 bits per heavy atom. The number of alkyl carbamates (subject to hydrolysis) is 1. The van der Waals surface area contributed by atoms with Crippen LogP contribution in [0.15, 0.2) is 11.0 Å². The van der Waals surface area contributed by atoms with Crippen molar-refractivity contribution in [2.45, 2.75) is 82.0 Å². The van der Waals surface area contributed by atoms with E-state index in [1.807, 2.05) is 4.90 Å². The largest absolute Gasteiger partial charge is 0.444 e. The number of nitrogens with one attached hydrogen (secondary N) is 3. The third-order valence-corrected chi connectivity index (χ3v) is 8.51. The SMILES string of the molecule is Cn1ncc(N2CC[C@@H](OC(=O)N[C@H]3CC[C@H](NS(=O)(=O)NC4CCCC4)CC3)C2)c(Cl)c1=O. The molecule has 2 aliphatic carbocycles. The van der Waals surface area contributed by atoms with Crippen LogP contribution in [0, 0.1) is 0 Å².